The Bertz CT molecular complexity index is 1670. The van der Waals surface area contributed by atoms with Crippen molar-refractivity contribution in [3.8, 4) is 11.1 Å². The minimum Gasteiger partial charge on any atom is -0.345 e. The van der Waals surface area contributed by atoms with Crippen molar-refractivity contribution < 1.29 is 26.4 Å². The van der Waals surface area contributed by atoms with Gasteiger partial charge >= 0.3 is 10.2 Å². The summed E-state index contributed by atoms with van der Waals surface area (Å²) in [6, 6.07) is 3.32. The Morgan fingerprint density at radius 3 is 2.47 bits per heavy atom. The number of anilines is 1. The standard InChI is InChI=1S/C25H21F3N6O3S/c26-16-5-6-34(12-16)38(36,37)33-20-4-3-19(27)21(22(20)28)23(35)18-11-32-25-17(18)7-14(8-31-25)15-9-29-24(30-10-15)13-1-2-13/h3-4,7-11,13,16,33H,1-2,5-6,12H2,(H,31,32)/t16-/m0/s1. The normalized spacial score (nSPS) is 18.2. The molecule has 4 heterocycles. The van der Waals surface area contributed by atoms with Gasteiger partial charge in [-0.3, -0.25) is 9.52 Å². The largest absolute Gasteiger partial charge is 0.345 e. The van der Waals surface area contributed by atoms with Gasteiger partial charge in [-0.25, -0.2) is 28.1 Å². The minimum absolute atomic E-state index is 0.0178. The number of H-pyrrole nitrogens is 1. The Hall–Kier alpha value is -3.84. The molecule has 0 bridgehead atoms. The maximum atomic E-state index is 15.4. The van der Waals surface area contributed by atoms with Crippen molar-refractivity contribution >= 4 is 32.7 Å². The number of fused-ring (bicyclic) bond motifs is 1. The molecule has 1 aromatic carbocycles. The number of rotatable bonds is 7. The van der Waals surface area contributed by atoms with Crippen molar-refractivity contribution in [2.45, 2.75) is 31.4 Å². The number of aromatic amines is 1. The molecule has 2 aliphatic rings. The van der Waals surface area contributed by atoms with Crippen LogP contribution in [0.2, 0.25) is 0 Å². The van der Waals surface area contributed by atoms with Crippen LogP contribution in [0.1, 0.15) is 46.9 Å². The summed E-state index contributed by atoms with van der Waals surface area (Å²) in [5, 5.41) is 0.314. The van der Waals surface area contributed by atoms with Crippen molar-refractivity contribution in [1.82, 2.24) is 24.2 Å². The van der Waals surface area contributed by atoms with Gasteiger partial charge in [0.2, 0.25) is 5.78 Å². The number of hydrogen-bond acceptors (Lipinski definition) is 6. The summed E-state index contributed by atoms with van der Waals surface area (Å²) in [5.74, 6) is -2.38. The fourth-order valence-electron chi connectivity index (χ4n) is 4.47. The van der Waals surface area contributed by atoms with E-state index in [9.17, 15) is 22.0 Å². The predicted octanol–water partition coefficient (Wildman–Crippen LogP) is 4.11. The number of halogens is 3. The highest BCUT2D eigenvalue weighted by Gasteiger charge is 2.33. The number of aromatic nitrogens is 4. The second-order valence-corrected chi connectivity index (χ2v) is 11.1. The summed E-state index contributed by atoms with van der Waals surface area (Å²) in [6.07, 6.45) is 7.00. The SMILES string of the molecule is O=C(c1c(F)ccc(NS(=O)(=O)N2CC[C@H](F)C2)c1F)c1c[nH]c2ncc(-c3cnc(C4CC4)nc3)cc12. The molecule has 1 aliphatic heterocycles. The molecule has 4 aromatic rings. The zero-order valence-electron chi connectivity index (χ0n) is 19.8. The van der Waals surface area contributed by atoms with Gasteiger partial charge < -0.3 is 4.98 Å². The second kappa shape index (κ2) is 9.17. The number of ketones is 1. The first-order valence-electron chi connectivity index (χ1n) is 12.0. The van der Waals surface area contributed by atoms with Crippen LogP contribution in [0, 0.1) is 11.6 Å². The van der Waals surface area contributed by atoms with Gasteiger partial charge in [0.05, 0.1) is 11.3 Å². The van der Waals surface area contributed by atoms with E-state index in [4.69, 9.17) is 0 Å². The minimum atomic E-state index is -4.31. The van der Waals surface area contributed by atoms with Gasteiger partial charge in [-0.05, 0) is 37.5 Å². The van der Waals surface area contributed by atoms with Gasteiger partial charge in [-0.2, -0.15) is 12.7 Å². The van der Waals surface area contributed by atoms with E-state index in [2.05, 4.69) is 19.9 Å². The third-order valence-corrected chi connectivity index (χ3v) is 8.20. The molecule has 2 fully saturated rings. The summed E-state index contributed by atoms with van der Waals surface area (Å²) in [7, 11) is -4.31. The van der Waals surface area contributed by atoms with E-state index in [1.807, 2.05) is 4.72 Å². The third-order valence-electron chi connectivity index (χ3n) is 6.71. The molecule has 196 valence electrons. The number of carbonyl (C=O) groups is 1. The number of nitrogens with one attached hydrogen (secondary N) is 2. The molecule has 0 radical (unpaired) electrons. The molecule has 0 unspecified atom stereocenters. The van der Waals surface area contributed by atoms with Gasteiger partial charge in [-0.15, -0.1) is 0 Å². The summed E-state index contributed by atoms with van der Waals surface area (Å²) in [5.41, 5.74) is -0.0213. The van der Waals surface area contributed by atoms with E-state index < -0.39 is 45.0 Å². The van der Waals surface area contributed by atoms with E-state index in [-0.39, 0.29) is 25.1 Å². The summed E-state index contributed by atoms with van der Waals surface area (Å²) >= 11 is 0. The highest BCUT2D eigenvalue weighted by Crippen LogP contribution is 2.38. The van der Waals surface area contributed by atoms with Crippen molar-refractivity contribution in [2.75, 3.05) is 17.8 Å². The Morgan fingerprint density at radius 2 is 1.79 bits per heavy atom. The van der Waals surface area contributed by atoms with Crippen LogP contribution in [0.15, 0.2) is 43.0 Å². The molecule has 0 spiro atoms. The Labute approximate surface area is 215 Å². The topological polar surface area (TPSA) is 121 Å². The molecule has 0 amide bonds. The lowest BCUT2D eigenvalue weighted by Crippen LogP contribution is -2.34. The lowest BCUT2D eigenvalue weighted by molar-refractivity contribution is 0.103. The maximum absolute atomic E-state index is 15.4. The van der Waals surface area contributed by atoms with Crippen LogP contribution in [0.3, 0.4) is 0 Å². The van der Waals surface area contributed by atoms with Crippen molar-refractivity contribution in [3.63, 3.8) is 0 Å². The number of pyridine rings is 1. The maximum Gasteiger partial charge on any atom is 0.301 e. The van der Waals surface area contributed by atoms with Crippen LogP contribution >= 0.6 is 0 Å². The molecule has 6 rings (SSSR count). The Balaban J connectivity index is 1.33. The number of alkyl halides is 1. The molecule has 2 N–H and O–H groups in total. The molecule has 9 nitrogen and oxygen atoms in total. The monoisotopic (exact) mass is 542 g/mol. The lowest BCUT2D eigenvalue weighted by atomic mass is 10.0. The first kappa shape index (κ1) is 24.5. The fourth-order valence-corrected chi connectivity index (χ4v) is 5.74. The molecule has 3 aromatic heterocycles. The van der Waals surface area contributed by atoms with Gasteiger partial charge in [0.1, 0.15) is 23.5 Å². The third kappa shape index (κ3) is 4.41. The molecule has 1 saturated carbocycles. The molecule has 38 heavy (non-hydrogen) atoms. The van der Waals surface area contributed by atoms with E-state index in [1.165, 1.54) is 6.20 Å². The van der Waals surface area contributed by atoms with Crippen LogP contribution in [0.4, 0.5) is 18.9 Å². The van der Waals surface area contributed by atoms with Gasteiger partial charge in [0, 0.05) is 65.9 Å². The summed E-state index contributed by atoms with van der Waals surface area (Å²) < 4.78 is 71.7. The van der Waals surface area contributed by atoms with E-state index in [0.29, 0.717) is 28.1 Å². The average molecular weight is 543 g/mol. The molecule has 13 heteroatoms. The van der Waals surface area contributed by atoms with E-state index >= 15 is 4.39 Å². The highest BCUT2D eigenvalue weighted by atomic mass is 32.2. The molecular weight excluding hydrogens is 521 g/mol. The first-order chi connectivity index (χ1) is 18.2. The second-order valence-electron chi connectivity index (χ2n) is 9.39. The van der Waals surface area contributed by atoms with E-state index in [1.54, 1.807) is 24.7 Å². The van der Waals surface area contributed by atoms with Crippen LogP contribution in [-0.4, -0.2) is 57.7 Å². The molecule has 1 saturated heterocycles. The smallest absolute Gasteiger partial charge is 0.301 e. The molecule has 1 atom stereocenters. The summed E-state index contributed by atoms with van der Waals surface area (Å²) in [6.45, 7) is -0.451. The number of carbonyl (C=O) groups excluding carboxylic acids is 1. The Kier molecular flexibility index (Phi) is 5.91. The molecule has 1 aliphatic carbocycles. The number of hydrogen-bond donors (Lipinski definition) is 2. The predicted molar refractivity (Wildman–Crippen MR) is 133 cm³/mol. The number of benzene rings is 1. The van der Waals surface area contributed by atoms with Crippen molar-refractivity contribution in [2.24, 2.45) is 0 Å². The highest BCUT2D eigenvalue weighted by molar-refractivity contribution is 7.90. The zero-order valence-corrected chi connectivity index (χ0v) is 20.6. The van der Waals surface area contributed by atoms with Gasteiger partial charge in [0.25, 0.3) is 0 Å². The number of nitrogens with zero attached hydrogens (tertiary/aromatic N) is 4. The lowest BCUT2D eigenvalue weighted by Gasteiger charge is -2.18. The molecular formula is C25H21F3N6O3S. The van der Waals surface area contributed by atoms with Crippen LogP contribution in [-0.2, 0) is 10.2 Å². The average Bonchev–Trinajstić information content (AvgIpc) is 3.51. The Morgan fingerprint density at radius 1 is 1.05 bits per heavy atom. The zero-order chi connectivity index (χ0) is 26.6. The first-order valence-corrected chi connectivity index (χ1v) is 13.4. The van der Waals surface area contributed by atoms with Crippen LogP contribution < -0.4 is 4.72 Å². The van der Waals surface area contributed by atoms with Crippen LogP contribution in [0.5, 0.6) is 0 Å². The van der Waals surface area contributed by atoms with Crippen LogP contribution in [0.25, 0.3) is 22.2 Å². The fraction of sp³-hybridized carbons (Fsp3) is 0.280. The van der Waals surface area contributed by atoms with Gasteiger partial charge in [-0.1, -0.05) is 0 Å². The van der Waals surface area contributed by atoms with Crippen molar-refractivity contribution in [1.29, 1.82) is 0 Å². The van der Waals surface area contributed by atoms with Crippen molar-refractivity contribution in [3.05, 3.63) is 71.6 Å². The van der Waals surface area contributed by atoms with Gasteiger partial charge in [0.15, 0.2) is 5.82 Å². The summed E-state index contributed by atoms with van der Waals surface area (Å²) in [4.78, 5) is 29.3. The quantitative estimate of drug-likeness (QED) is 0.339. The van der Waals surface area contributed by atoms with E-state index in [0.717, 1.165) is 35.1 Å².